The molecule has 0 spiro atoms. The number of fused-ring (bicyclic) bond motifs is 1. The molecular weight excluding hydrogens is 406 g/mol. The Bertz CT molecular complexity index is 1230. The summed E-state index contributed by atoms with van der Waals surface area (Å²) in [6, 6.07) is 12.9. The summed E-state index contributed by atoms with van der Waals surface area (Å²) in [5.41, 5.74) is -1.24. The van der Waals surface area contributed by atoms with E-state index in [1.54, 1.807) is 12.1 Å². The van der Waals surface area contributed by atoms with Crippen molar-refractivity contribution in [3.63, 3.8) is 0 Å². The molecule has 2 heterocycles. The number of nitrogens with zero attached hydrogens (tertiary/aromatic N) is 2. The predicted octanol–water partition coefficient (Wildman–Crippen LogP) is 1.02. The molecule has 1 saturated heterocycles. The fourth-order valence-electron chi connectivity index (χ4n) is 3.79. The number of aliphatic hydroxyl groups is 2. The predicted molar refractivity (Wildman–Crippen MR) is 111 cm³/mol. The number of nitrogens with one attached hydrogen (secondary N) is 1. The summed E-state index contributed by atoms with van der Waals surface area (Å²) >= 11 is 0. The van der Waals surface area contributed by atoms with Crippen molar-refractivity contribution in [1.29, 1.82) is 0 Å². The van der Waals surface area contributed by atoms with Crippen molar-refractivity contribution < 1.29 is 24.9 Å². The van der Waals surface area contributed by atoms with Crippen LogP contribution in [0.1, 0.15) is 18.2 Å². The van der Waals surface area contributed by atoms with Crippen LogP contribution in [0.5, 0.6) is 0 Å². The molecule has 3 aromatic rings. The van der Waals surface area contributed by atoms with Gasteiger partial charge in [0.1, 0.15) is 18.0 Å². The first-order valence-corrected chi connectivity index (χ1v) is 9.66. The maximum Gasteiger partial charge on any atom is 0.412 e. The lowest BCUT2D eigenvalue weighted by Gasteiger charge is -2.22. The molecule has 4 N–H and O–H groups in total. The summed E-state index contributed by atoms with van der Waals surface area (Å²) in [6.45, 7) is -0.559. The lowest BCUT2D eigenvalue weighted by atomic mass is 10.0. The Morgan fingerprint density at radius 2 is 1.94 bits per heavy atom. The second-order valence-electron chi connectivity index (χ2n) is 7.30. The van der Waals surface area contributed by atoms with Gasteiger partial charge < -0.3 is 20.1 Å². The number of anilines is 1. The van der Waals surface area contributed by atoms with Gasteiger partial charge in [0.05, 0.1) is 19.3 Å². The van der Waals surface area contributed by atoms with E-state index in [0.717, 1.165) is 26.4 Å². The van der Waals surface area contributed by atoms with Gasteiger partial charge in [-0.15, -0.1) is 0 Å². The Kier molecular flexibility index (Phi) is 5.59. The third-order valence-corrected chi connectivity index (χ3v) is 5.37. The maximum atomic E-state index is 12.5. The third kappa shape index (κ3) is 3.96. The Morgan fingerprint density at radius 3 is 2.65 bits per heavy atom. The highest BCUT2D eigenvalue weighted by molar-refractivity contribution is 5.89. The zero-order chi connectivity index (χ0) is 22.1. The molecule has 10 nitrogen and oxygen atoms in total. The normalized spacial score (nSPS) is 20.8. The van der Waals surface area contributed by atoms with Crippen LogP contribution in [-0.4, -0.2) is 49.8 Å². The largest absolute Gasteiger partial charge is 0.465 e. The molecule has 1 aromatic heterocycles. The van der Waals surface area contributed by atoms with Crippen LogP contribution in [0, 0.1) is 0 Å². The van der Waals surface area contributed by atoms with E-state index in [1.807, 2.05) is 30.3 Å². The van der Waals surface area contributed by atoms with Crippen LogP contribution in [0.25, 0.3) is 10.8 Å². The Morgan fingerprint density at radius 1 is 1.19 bits per heavy atom. The number of carboxylic acid groups (broad SMARTS) is 1. The van der Waals surface area contributed by atoms with Crippen molar-refractivity contribution in [3.8, 4) is 0 Å². The van der Waals surface area contributed by atoms with Gasteiger partial charge in [0.15, 0.2) is 0 Å². The number of aromatic amines is 1. The summed E-state index contributed by atoms with van der Waals surface area (Å²) in [5, 5.41) is 30.8. The number of aliphatic hydroxyl groups excluding tert-OH is 2. The first kappa shape index (κ1) is 20.8. The van der Waals surface area contributed by atoms with Crippen LogP contribution in [0.4, 0.5) is 10.5 Å². The smallest absolute Gasteiger partial charge is 0.412 e. The quantitative estimate of drug-likeness (QED) is 0.476. The van der Waals surface area contributed by atoms with Crippen LogP contribution < -0.4 is 16.1 Å². The summed E-state index contributed by atoms with van der Waals surface area (Å²) in [6.07, 6.45) is -3.08. The number of aromatic nitrogens is 2. The van der Waals surface area contributed by atoms with E-state index < -0.39 is 42.4 Å². The van der Waals surface area contributed by atoms with E-state index in [0.29, 0.717) is 5.56 Å². The molecule has 0 bridgehead atoms. The van der Waals surface area contributed by atoms with Crippen molar-refractivity contribution in [3.05, 3.63) is 75.1 Å². The molecule has 2 aromatic carbocycles. The second kappa shape index (κ2) is 8.34. The fraction of sp³-hybridized carbons (Fsp3) is 0.286. The molecule has 1 amide bonds. The van der Waals surface area contributed by atoms with E-state index in [2.05, 4.69) is 4.98 Å². The van der Waals surface area contributed by atoms with Gasteiger partial charge in [-0.3, -0.25) is 19.2 Å². The lowest BCUT2D eigenvalue weighted by Crippen LogP contribution is -2.39. The Hall–Kier alpha value is -3.47. The topological polar surface area (TPSA) is 145 Å². The van der Waals surface area contributed by atoms with Gasteiger partial charge in [0.25, 0.3) is 5.56 Å². The highest BCUT2D eigenvalue weighted by atomic mass is 16.5. The molecule has 31 heavy (non-hydrogen) atoms. The van der Waals surface area contributed by atoms with Crippen molar-refractivity contribution in [2.75, 3.05) is 11.5 Å². The standard InChI is InChI=1S/C21H21N3O7/c25-11-17-16(26)8-18(31-17)24-10-15(19(27)22-20(24)28)23(21(29)30)9-13-6-3-5-12-4-1-2-7-14(12)13/h1-7,10,16-18,25-26H,8-9,11H2,(H,29,30)(H,22,27,28)/t16-,17+,18+/m0/s1. The molecule has 0 saturated carbocycles. The van der Waals surface area contributed by atoms with Gasteiger partial charge in [0, 0.05) is 12.6 Å². The van der Waals surface area contributed by atoms with Crippen LogP contribution in [0.3, 0.4) is 0 Å². The number of hydrogen-bond acceptors (Lipinski definition) is 6. The first-order valence-electron chi connectivity index (χ1n) is 9.66. The van der Waals surface area contributed by atoms with Crippen molar-refractivity contribution in [2.45, 2.75) is 31.4 Å². The van der Waals surface area contributed by atoms with Crippen LogP contribution in [0.15, 0.2) is 58.3 Å². The first-order chi connectivity index (χ1) is 14.9. The van der Waals surface area contributed by atoms with Gasteiger partial charge in [-0.2, -0.15) is 0 Å². The van der Waals surface area contributed by atoms with E-state index in [9.17, 15) is 29.7 Å². The number of H-pyrrole nitrogens is 1. The highest BCUT2D eigenvalue weighted by Gasteiger charge is 2.35. The van der Waals surface area contributed by atoms with Crippen molar-refractivity contribution in [1.82, 2.24) is 9.55 Å². The van der Waals surface area contributed by atoms with E-state index in [-0.39, 0.29) is 18.7 Å². The zero-order valence-electron chi connectivity index (χ0n) is 16.3. The van der Waals surface area contributed by atoms with E-state index >= 15 is 0 Å². The highest BCUT2D eigenvalue weighted by Crippen LogP contribution is 2.28. The fourth-order valence-corrected chi connectivity index (χ4v) is 3.79. The van der Waals surface area contributed by atoms with Gasteiger partial charge in [-0.05, 0) is 16.3 Å². The third-order valence-electron chi connectivity index (χ3n) is 5.37. The Balaban J connectivity index is 1.74. The van der Waals surface area contributed by atoms with Crippen LogP contribution in [0.2, 0.25) is 0 Å². The van der Waals surface area contributed by atoms with E-state index in [1.165, 1.54) is 0 Å². The molecule has 1 aliphatic rings. The molecule has 3 atom stereocenters. The van der Waals surface area contributed by atoms with Gasteiger partial charge in [-0.1, -0.05) is 42.5 Å². The van der Waals surface area contributed by atoms with E-state index in [4.69, 9.17) is 4.74 Å². The molecule has 1 fully saturated rings. The molecule has 10 heteroatoms. The summed E-state index contributed by atoms with van der Waals surface area (Å²) < 4.78 is 6.50. The minimum Gasteiger partial charge on any atom is -0.465 e. The number of ether oxygens (including phenoxy) is 1. The molecule has 162 valence electrons. The molecule has 1 aliphatic heterocycles. The average Bonchev–Trinajstić information content (AvgIpc) is 3.12. The molecule has 4 rings (SSSR count). The summed E-state index contributed by atoms with van der Waals surface area (Å²) in [5.74, 6) is 0. The SMILES string of the molecule is O=C(O)N(Cc1cccc2ccccc12)c1cn([C@H]2C[C@H](O)[C@@H](CO)O2)c(=O)[nH]c1=O. The summed E-state index contributed by atoms with van der Waals surface area (Å²) in [4.78, 5) is 39.8. The van der Waals surface area contributed by atoms with Crippen molar-refractivity contribution >= 4 is 22.6 Å². The van der Waals surface area contributed by atoms with Gasteiger partial charge in [-0.25, -0.2) is 9.59 Å². The van der Waals surface area contributed by atoms with Crippen molar-refractivity contribution in [2.24, 2.45) is 0 Å². The second-order valence-corrected chi connectivity index (χ2v) is 7.30. The van der Waals surface area contributed by atoms with Crippen LogP contribution in [-0.2, 0) is 11.3 Å². The minimum atomic E-state index is -1.37. The van der Waals surface area contributed by atoms with Gasteiger partial charge in [0.2, 0.25) is 0 Å². The monoisotopic (exact) mass is 427 g/mol. The molecule has 0 aliphatic carbocycles. The number of amides is 1. The Labute approximate surface area is 175 Å². The average molecular weight is 427 g/mol. The molecular formula is C21H21N3O7. The maximum absolute atomic E-state index is 12.5. The number of rotatable bonds is 5. The number of carbonyl (C=O) groups is 1. The lowest BCUT2D eigenvalue weighted by molar-refractivity contribution is -0.0458. The minimum absolute atomic E-state index is 0.00696. The summed E-state index contributed by atoms with van der Waals surface area (Å²) in [7, 11) is 0. The van der Waals surface area contributed by atoms with Gasteiger partial charge >= 0.3 is 11.8 Å². The molecule has 0 radical (unpaired) electrons. The number of benzene rings is 2. The van der Waals surface area contributed by atoms with Crippen LogP contribution >= 0.6 is 0 Å². The molecule has 0 unspecified atom stereocenters. The number of hydrogen-bond donors (Lipinski definition) is 4. The zero-order valence-corrected chi connectivity index (χ0v) is 16.3.